The van der Waals surface area contributed by atoms with Crippen LogP contribution < -0.4 is 5.32 Å². The van der Waals surface area contributed by atoms with Crippen LogP contribution in [0.5, 0.6) is 0 Å². The Kier molecular flexibility index (Phi) is 5.37. The van der Waals surface area contributed by atoms with Crippen LogP contribution in [0.3, 0.4) is 0 Å². The number of ether oxygens (including phenoxy) is 1. The molecule has 1 aromatic heterocycles. The molecule has 24 heavy (non-hydrogen) atoms. The molecule has 0 saturated carbocycles. The van der Waals surface area contributed by atoms with Gasteiger partial charge in [-0.1, -0.05) is 6.07 Å². The maximum Gasteiger partial charge on any atom is 0.310 e. The quantitative estimate of drug-likeness (QED) is 0.831. The molecule has 2 heterocycles. The van der Waals surface area contributed by atoms with Crippen molar-refractivity contribution in [3.8, 4) is 0 Å². The lowest BCUT2D eigenvalue weighted by atomic mass is 9.98. The van der Waals surface area contributed by atoms with Crippen molar-refractivity contribution in [2.75, 3.05) is 31.6 Å². The molecule has 1 saturated heterocycles. The van der Waals surface area contributed by atoms with Crippen molar-refractivity contribution in [2.45, 2.75) is 19.8 Å². The molecule has 1 unspecified atom stereocenters. The van der Waals surface area contributed by atoms with Crippen molar-refractivity contribution >= 4 is 40.3 Å². The van der Waals surface area contributed by atoms with Crippen molar-refractivity contribution in [1.29, 1.82) is 0 Å². The molecule has 7 nitrogen and oxygen atoms in total. The first-order valence-electron chi connectivity index (χ1n) is 8.07. The van der Waals surface area contributed by atoms with Gasteiger partial charge in [0.1, 0.15) is 11.0 Å². The van der Waals surface area contributed by atoms with Gasteiger partial charge in [0.05, 0.1) is 36.5 Å². The Morgan fingerprint density at radius 1 is 1.42 bits per heavy atom. The van der Waals surface area contributed by atoms with Gasteiger partial charge in [-0.15, -0.1) is 0 Å². The number of amides is 1. The van der Waals surface area contributed by atoms with E-state index in [1.807, 2.05) is 23.1 Å². The molecule has 0 aliphatic carbocycles. The Hall–Kier alpha value is -2.06. The van der Waals surface area contributed by atoms with E-state index in [0.29, 0.717) is 24.4 Å². The Bertz CT molecular complexity index is 733. The second-order valence-electron chi connectivity index (χ2n) is 5.81. The van der Waals surface area contributed by atoms with E-state index in [4.69, 9.17) is 4.74 Å². The molecule has 1 fully saturated rings. The van der Waals surface area contributed by atoms with Crippen LogP contribution in [0.4, 0.5) is 5.69 Å². The number of carbonyl (C=O) groups excluding carboxylic acids is 2. The number of likely N-dealkylation sites (tertiary alicyclic amines) is 1. The topological polar surface area (TPSA) is 84.4 Å². The summed E-state index contributed by atoms with van der Waals surface area (Å²) in [7, 11) is 0. The van der Waals surface area contributed by atoms with E-state index >= 15 is 0 Å². The first-order valence-corrected chi connectivity index (χ1v) is 8.80. The third-order valence-corrected chi connectivity index (χ3v) is 4.60. The van der Waals surface area contributed by atoms with Crippen LogP contribution in [0, 0.1) is 5.92 Å². The minimum absolute atomic E-state index is 0.111. The molecule has 1 N–H and O–H groups in total. The van der Waals surface area contributed by atoms with E-state index < -0.39 is 0 Å². The van der Waals surface area contributed by atoms with Gasteiger partial charge in [0.25, 0.3) is 0 Å². The third-order valence-electron chi connectivity index (χ3n) is 4.05. The monoisotopic (exact) mass is 348 g/mol. The summed E-state index contributed by atoms with van der Waals surface area (Å²) in [5, 5.41) is 2.89. The summed E-state index contributed by atoms with van der Waals surface area (Å²) >= 11 is 1.12. The first-order chi connectivity index (χ1) is 11.7. The zero-order valence-electron chi connectivity index (χ0n) is 13.5. The third kappa shape index (κ3) is 3.88. The predicted octanol–water partition coefficient (Wildman–Crippen LogP) is 1.90. The fourth-order valence-corrected chi connectivity index (χ4v) is 3.50. The molecule has 0 bridgehead atoms. The molecule has 128 valence electrons. The Morgan fingerprint density at radius 2 is 2.29 bits per heavy atom. The summed E-state index contributed by atoms with van der Waals surface area (Å²) in [6, 6.07) is 5.53. The van der Waals surface area contributed by atoms with E-state index in [-0.39, 0.29) is 24.3 Å². The van der Waals surface area contributed by atoms with Crippen molar-refractivity contribution in [1.82, 2.24) is 13.6 Å². The number of anilines is 1. The van der Waals surface area contributed by atoms with Gasteiger partial charge >= 0.3 is 5.97 Å². The molecule has 1 aromatic carbocycles. The van der Waals surface area contributed by atoms with Crippen molar-refractivity contribution in [3.05, 3.63) is 18.2 Å². The zero-order chi connectivity index (χ0) is 16.9. The highest BCUT2D eigenvalue weighted by Gasteiger charge is 2.27. The molecule has 0 spiro atoms. The second-order valence-corrected chi connectivity index (χ2v) is 6.34. The standard InChI is InChI=1S/C16H20N4O3S/c1-2-23-16(22)11-5-4-8-20(9-11)10-14(21)17-12-6-3-7-13-15(12)19-24-18-13/h3,6-7,11H,2,4-5,8-10H2,1H3,(H,17,21). The molecular weight excluding hydrogens is 328 g/mol. The maximum absolute atomic E-state index is 12.3. The van der Waals surface area contributed by atoms with Crippen molar-refractivity contribution in [3.63, 3.8) is 0 Å². The SMILES string of the molecule is CCOC(=O)C1CCCN(CC(=O)Nc2cccc3nsnc23)C1. The lowest BCUT2D eigenvalue weighted by Crippen LogP contribution is -2.43. The molecule has 2 aromatic rings. The Morgan fingerprint density at radius 3 is 3.12 bits per heavy atom. The van der Waals surface area contributed by atoms with Crippen molar-refractivity contribution in [2.24, 2.45) is 5.92 Å². The fourth-order valence-electron chi connectivity index (χ4n) is 2.95. The second kappa shape index (κ2) is 7.67. The molecule has 1 aliphatic rings. The van der Waals surface area contributed by atoms with Crippen LogP contribution in [0.1, 0.15) is 19.8 Å². The van der Waals surface area contributed by atoms with Crippen LogP contribution in [-0.2, 0) is 14.3 Å². The van der Waals surface area contributed by atoms with Gasteiger partial charge in [-0.25, -0.2) is 0 Å². The Balaban J connectivity index is 1.58. The average molecular weight is 348 g/mol. The van der Waals surface area contributed by atoms with Crippen molar-refractivity contribution < 1.29 is 14.3 Å². The van der Waals surface area contributed by atoms with Crippen LogP contribution in [0.15, 0.2) is 18.2 Å². The van der Waals surface area contributed by atoms with Crippen LogP contribution in [0.2, 0.25) is 0 Å². The Labute approximate surface area is 144 Å². The van der Waals surface area contributed by atoms with E-state index in [0.717, 1.165) is 36.6 Å². The summed E-state index contributed by atoms with van der Waals surface area (Å²) in [6.45, 7) is 3.83. The highest BCUT2D eigenvalue weighted by Crippen LogP contribution is 2.22. The number of benzene rings is 1. The number of esters is 1. The lowest BCUT2D eigenvalue weighted by Gasteiger charge is -2.30. The maximum atomic E-state index is 12.3. The zero-order valence-corrected chi connectivity index (χ0v) is 14.3. The van der Waals surface area contributed by atoms with E-state index in [2.05, 4.69) is 14.1 Å². The smallest absolute Gasteiger partial charge is 0.310 e. The summed E-state index contributed by atoms with van der Waals surface area (Å²) in [5.41, 5.74) is 2.15. The van der Waals surface area contributed by atoms with Gasteiger partial charge in [0.15, 0.2) is 0 Å². The largest absolute Gasteiger partial charge is 0.466 e. The number of aromatic nitrogens is 2. The summed E-state index contributed by atoms with van der Waals surface area (Å²) in [6.07, 6.45) is 1.71. The normalized spacial score (nSPS) is 18.5. The van der Waals surface area contributed by atoms with Gasteiger partial charge in [0.2, 0.25) is 5.91 Å². The number of hydrogen-bond donors (Lipinski definition) is 1. The van der Waals surface area contributed by atoms with Gasteiger partial charge in [0, 0.05) is 6.54 Å². The number of rotatable bonds is 5. The highest BCUT2D eigenvalue weighted by atomic mass is 32.1. The van der Waals surface area contributed by atoms with E-state index in [9.17, 15) is 9.59 Å². The number of nitrogens with zero attached hydrogens (tertiary/aromatic N) is 3. The number of fused-ring (bicyclic) bond motifs is 1. The van der Waals surface area contributed by atoms with Gasteiger partial charge in [-0.2, -0.15) is 8.75 Å². The van der Waals surface area contributed by atoms with Gasteiger partial charge < -0.3 is 10.1 Å². The molecule has 1 aliphatic heterocycles. The molecule has 1 atom stereocenters. The minimum atomic E-state index is -0.166. The number of piperidine rings is 1. The summed E-state index contributed by atoms with van der Waals surface area (Å²) < 4.78 is 13.5. The van der Waals surface area contributed by atoms with E-state index in [1.54, 1.807) is 6.92 Å². The van der Waals surface area contributed by atoms with E-state index in [1.165, 1.54) is 0 Å². The number of nitrogens with one attached hydrogen (secondary N) is 1. The molecule has 3 rings (SSSR count). The molecule has 0 radical (unpaired) electrons. The highest BCUT2D eigenvalue weighted by molar-refractivity contribution is 7.00. The number of hydrogen-bond acceptors (Lipinski definition) is 7. The van der Waals surface area contributed by atoms with Crippen LogP contribution >= 0.6 is 11.7 Å². The molecule has 8 heteroatoms. The molecular formula is C16H20N4O3S. The average Bonchev–Trinajstić information content (AvgIpc) is 3.05. The first kappa shape index (κ1) is 16.8. The van der Waals surface area contributed by atoms with Gasteiger partial charge in [-0.05, 0) is 38.4 Å². The fraction of sp³-hybridized carbons (Fsp3) is 0.500. The molecule has 1 amide bonds. The lowest BCUT2D eigenvalue weighted by molar-refractivity contribution is -0.150. The summed E-state index contributed by atoms with van der Waals surface area (Å²) in [5.74, 6) is -0.418. The number of carbonyl (C=O) groups is 2. The predicted molar refractivity (Wildman–Crippen MR) is 91.8 cm³/mol. The van der Waals surface area contributed by atoms with Gasteiger partial charge in [-0.3, -0.25) is 14.5 Å². The minimum Gasteiger partial charge on any atom is -0.466 e. The van der Waals surface area contributed by atoms with Crippen LogP contribution in [0.25, 0.3) is 11.0 Å². The van der Waals surface area contributed by atoms with Crippen LogP contribution in [-0.4, -0.2) is 51.8 Å². The summed E-state index contributed by atoms with van der Waals surface area (Å²) in [4.78, 5) is 26.2.